The molecule has 9 heteroatoms. The molecule has 0 unspecified atom stereocenters. The number of hydrogen-bond acceptors (Lipinski definition) is 4. The van der Waals surface area contributed by atoms with Crippen molar-refractivity contribution in [3.63, 3.8) is 0 Å². The van der Waals surface area contributed by atoms with Crippen molar-refractivity contribution in [1.29, 1.82) is 0 Å². The molecule has 3 N–H and O–H groups in total. The number of carbonyl (C=O) groups is 1. The van der Waals surface area contributed by atoms with Gasteiger partial charge in [0.2, 0.25) is 0 Å². The number of carbonyl (C=O) groups excluding carboxylic acids is 1. The van der Waals surface area contributed by atoms with Crippen LogP contribution in [0.2, 0.25) is 0 Å². The van der Waals surface area contributed by atoms with Gasteiger partial charge in [0.25, 0.3) is 11.5 Å². The number of amides is 1. The molecule has 0 saturated carbocycles. The lowest BCUT2D eigenvalue weighted by molar-refractivity contribution is -0.137. The fourth-order valence-corrected chi connectivity index (χ4v) is 4.51. The number of nitrogens with zero attached hydrogens (tertiary/aromatic N) is 1. The van der Waals surface area contributed by atoms with Gasteiger partial charge in [0, 0.05) is 41.6 Å². The van der Waals surface area contributed by atoms with Crippen molar-refractivity contribution >= 4 is 11.6 Å². The summed E-state index contributed by atoms with van der Waals surface area (Å²) in [7, 11) is 0. The predicted octanol–water partition coefficient (Wildman–Crippen LogP) is 3.83. The lowest BCUT2D eigenvalue weighted by atomic mass is 9.97. The fraction of sp³-hybridized carbons (Fsp3) is 0.500. The Labute approximate surface area is 191 Å². The predicted molar refractivity (Wildman–Crippen MR) is 123 cm³/mol. The van der Waals surface area contributed by atoms with Crippen LogP contribution in [0, 0.1) is 20.8 Å². The van der Waals surface area contributed by atoms with Crippen LogP contribution in [0.4, 0.5) is 18.9 Å². The standard InChI is InChI=1S/C24H31F3N4O2/c1-5-31(18-6-8-28-9-7-18)21-12-17(24(25,26)27)11-19(16(21)4)22(32)29-13-20-14(2)10-15(3)30-23(20)33/h10-12,18,28H,5-9,13H2,1-4H3,(H,29,32)(H,30,33). The van der Waals surface area contributed by atoms with Gasteiger partial charge < -0.3 is 20.5 Å². The molecule has 0 bridgehead atoms. The molecule has 0 radical (unpaired) electrons. The summed E-state index contributed by atoms with van der Waals surface area (Å²) < 4.78 is 41.2. The Balaban J connectivity index is 1.97. The first kappa shape index (κ1) is 24.8. The molecule has 33 heavy (non-hydrogen) atoms. The maximum Gasteiger partial charge on any atom is 0.416 e. The molecule has 1 aromatic heterocycles. The van der Waals surface area contributed by atoms with E-state index in [1.165, 1.54) is 0 Å². The Morgan fingerprint density at radius 3 is 2.39 bits per heavy atom. The molecule has 0 atom stereocenters. The molecule has 1 fully saturated rings. The zero-order chi connectivity index (χ0) is 24.3. The van der Waals surface area contributed by atoms with E-state index in [1.54, 1.807) is 26.8 Å². The normalized spacial score (nSPS) is 14.9. The maximum atomic E-state index is 13.7. The summed E-state index contributed by atoms with van der Waals surface area (Å²) in [5, 5.41) is 5.92. The third kappa shape index (κ3) is 5.58. The molecule has 6 nitrogen and oxygen atoms in total. The average Bonchev–Trinajstić information content (AvgIpc) is 2.74. The Kier molecular flexibility index (Phi) is 7.51. The first-order chi connectivity index (χ1) is 15.5. The second-order valence-corrected chi connectivity index (χ2v) is 8.56. The number of pyridine rings is 1. The quantitative estimate of drug-likeness (QED) is 0.607. The van der Waals surface area contributed by atoms with E-state index in [2.05, 4.69) is 15.6 Å². The highest BCUT2D eigenvalue weighted by Gasteiger charge is 2.34. The van der Waals surface area contributed by atoms with Crippen LogP contribution in [0.15, 0.2) is 23.0 Å². The zero-order valence-electron chi connectivity index (χ0n) is 19.4. The Morgan fingerprint density at radius 2 is 1.82 bits per heavy atom. The Bertz CT molecular complexity index is 1070. The van der Waals surface area contributed by atoms with Gasteiger partial charge in [-0.15, -0.1) is 0 Å². The van der Waals surface area contributed by atoms with E-state index >= 15 is 0 Å². The number of nitrogens with one attached hydrogen (secondary N) is 3. The summed E-state index contributed by atoms with van der Waals surface area (Å²) in [5.41, 5.74) is 1.49. The summed E-state index contributed by atoms with van der Waals surface area (Å²) in [4.78, 5) is 29.9. The summed E-state index contributed by atoms with van der Waals surface area (Å²) in [6.07, 6.45) is -2.95. The van der Waals surface area contributed by atoms with Crippen molar-refractivity contribution in [2.24, 2.45) is 0 Å². The number of alkyl halides is 3. The Hall–Kier alpha value is -2.81. The number of halogens is 3. The molecule has 1 aromatic carbocycles. The van der Waals surface area contributed by atoms with Crippen LogP contribution in [0.25, 0.3) is 0 Å². The summed E-state index contributed by atoms with van der Waals surface area (Å²) in [5.74, 6) is -0.638. The SMILES string of the molecule is CCN(c1cc(C(F)(F)F)cc(C(=O)NCc2c(C)cc(C)[nH]c2=O)c1C)C1CCNCC1. The smallest absolute Gasteiger partial charge is 0.368 e. The number of benzene rings is 1. The van der Waals surface area contributed by atoms with Gasteiger partial charge in [-0.05, 0) is 83.0 Å². The van der Waals surface area contributed by atoms with Crippen LogP contribution in [-0.4, -0.2) is 36.6 Å². The maximum absolute atomic E-state index is 13.7. The summed E-state index contributed by atoms with van der Waals surface area (Å²) in [6, 6.07) is 3.93. The van der Waals surface area contributed by atoms with Gasteiger partial charge in [-0.25, -0.2) is 0 Å². The first-order valence-corrected chi connectivity index (χ1v) is 11.2. The highest BCUT2D eigenvalue weighted by atomic mass is 19.4. The number of H-pyrrole nitrogens is 1. The molecule has 1 saturated heterocycles. The molecular weight excluding hydrogens is 433 g/mol. The van der Waals surface area contributed by atoms with Crippen LogP contribution < -0.4 is 21.1 Å². The monoisotopic (exact) mass is 464 g/mol. The van der Waals surface area contributed by atoms with Crippen molar-refractivity contribution in [1.82, 2.24) is 15.6 Å². The van der Waals surface area contributed by atoms with Crippen LogP contribution in [0.1, 0.15) is 58.1 Å². The van der Waals surface area contributed by atoms with Crippen molar-refractivity contribution in [2.45, 2.75) is 59.3 Å². The second-order valence-electron chi connectivity index (χ2n) is 8.56. The minimum absolute atomic E-state index is 0.0339. The second kappa shape index (κ2) is 9.99. The molecule has 0 spiro atoms. The molecule has 1 aliphatic heterocycles. The topological polar surface area (TPSA) is 77.2 Å². The van der Waals surface area contributed by atoms with Gasteiger partial charge in [0.05, 0.1) is 5.56 Å². The van der Waals surface area contributed by atoms with E-state index in [1.807, 2.05) is 11.8 Å². The first-order valence-electron chi connectivity index (χ1n) is 11.2. The third-order valence-electron chi connectivity index (χ3n) is 6.27. The minimum atomic E-state index is -4.59. The number of rotatable bonds is 6. The van der Waals surface area contributed by atoms with Gasteiger partial charge in [0.1, 0.15) is 0 Å². The van der Waals surface area contributed by atoms with E-state index in [-0.39, 0.29) is 23.7 Å². The van der Waals surface area contributed by atoms with Gasteiger partial charge in [-0.1, -0.05) is 0 Å². The average molecular weight is 465 g/mol. The van der Waals surface area contributed by atoms with Crippen molar-refractivity contribution in [3.8, 4) is 0 Å². The number of anilines is 1. The molecule has 3 rings (SSSR count). The van der Waals surface area contributed by atoms with Crippen molar-refractivity contribution in [3.05, 3.63) is 62.1 Å². The van der Waals surface area contributed by atoms with Gasteiger partial charge in [-0.3, -0.25) is 9.59 Å². The number of aromatic amines is 1. The fourth-order valence-electron chi connectivity index (χ4n) is 4.51. The molecule has 1 amide bonds. The van der Waals surface area contributed by atoms with Crippen LogP contribution in [0.3, 0.4) is 0 Å². The lowest BCUT2D eigenvalue weighted by Crippen LogP contribution is -2.43. The molecule has 1 aliphatic rings. The van der Waals surface area contributed by atoms with E-state index in [9.17, 15) is 22.8 Å². The van der Waals surface area contributed by atoms with Gasteiger partial charge >= 0.3 is 6.18 Å². The molecule has 180 valence electrons. The van der Waals surface area contributed by atoms with Crippen LogP contribution in [0.5, 0.6) is 0 Å². The molecular formula is C24H31F3N4O2. The highest BCUT2D eigenvalue weighted by molar-refractivity contribution is 5.97. The third-order valence-corrected chi connectivity index (χ3v) is 6.27. The van der Waals surface area contributed by atoms with E-state index in [0.717, 1.165) is 38.1 Å². The van der Waals surface area contributed by atoms with E-state index < -0.39 is 17.6 Å². The largest absolute Gasteiger partial charge is 0.416 e. The highest BCUT2D eigenvalue weighted by Crippen LogP contribution is 2.36. The summed E-state index contributed by atoms with van der Waals surface area (Å²) in [6.45, 7) is 9.17. The van der Waals surface area contributed by atoms with Crippen molar-refractivity contribution < 1.29 is 18.0 Å². The van der Waals surface area contributed by atoms with E-state index in [0.29, 0.717) is 34.6 Å². The lowest BCUT2D eigenvalue weighted by Gasteiger charge is -2.37. The van der Waals surface area contributed by atoms with Crippen LogP contribution >= 0.6 is 0 Å². The molecule has 2 aromatic rings. The molecule has 0 aliphatic carbocycles. The molecule has 2 heterocycles. The number of aryl methyl sites for hydroxylation is 2. The number of hydrogen-bond donors (Lipinski definition) is 3. The minimum Gasteiger partial charge on any atom is -0.368 e. The number of aromatic nitrogens is 1. The van der Waals surface area contributed by atoms with Gasteiger partial charge in [-0.2, -0.15) is 13.2 Å². The number of piperidine rings is 1. The van der Waals surface area contributed by atoms with Gasteiger partial charge in [0.15, 0.2) is 0 Å². The van der Waals surface area contributed by atoms with Crippen LogP contribution in [-0.2, 0) is 12.7 Å². The van der Waals surface area contributed by atoms with E-state index in [4.69, 9.17) is 0 Å². The Morgan fingerprint density at radius 1 is 1.15 bits per heavy atom. The summed E-state index contributed by atoms with van der Waals surface area (Å²) >= 11 is 0. The van der Waals surface area contributed by atoms with Crippen molar-refractivity contribution in [2.75, 3.05) is 24.5 Å². The zero-order valence-corrected chi connectivity index (χ0v) is 19.4.